The van der Waals surface area contributed by atoms with Gasteiger partial charge in [-0.1, -0.05) is 12.1 Å². The van der Waals surface area contributed by atoms with Crippen molar-refractivity contribution < 1.29 is 13.9 Å². The lowest BCUT2D eigenvalue weighted by Crippen LogP contribution is -2.12. The lowest BCUT2D eigenvalue weighted by atomic mass is 10.2. The average molecular weight is 333 g/mol. The molecule has 25 heavy (non-hydrogen) atoms. The second-order valence-electron chi connectivity index (χ2n) is 5.34. The number of carbonyl (C=O) groups is 1. The molecule has 0 aliphatic rings. The predicted octanol–water partition coefficient (Wildman–Crippen LogP) is 3.69. The Kier molecular flexibility index (Phi) is 4.77. The number of para-hydroxylation sites is 1. The first-order valence-electron chi connectivity index (χ1n) is 7.60. The van der Waals surface area contributed by atoms with Crippen LogP contribution in [0, 0.1) is 18.3 Å². The van der Waals surface area contributed by atoms with Crippen LogP contribution in [0.2, 0.25) is 0 Å². The molecule has 1 N–H and O–H groups in total. The standard InChI is InChI=1S/C19H15N3O3/c1-13-8-9-21-18(10-13)22-19(23)17-7-6-15(25-17)12-24-16-5-3-2-4-14(16)11-20/h2-10H,12H2,1H3,(H,21,22,23). The quantitative estimate of drug-likeness (QED) is 0.769. The molecule has 0 spiro atoms. The average Bonchev–Trinajstić information content (AvgIpc) is 3.09. The van der Waals surface area contributed by atoms with Crippen molar-refractivity contribution in [1.29, 1.82) is 5.26 Å². The molecule has 0 aliphatic carbocycles. The van der Waals surface area contributed by atoms with Crippen LogP contribution in [-0.4, -0.2) is 10.9 Å². The van der Waals surface area contributed by atoms with Crippen molar-refractivity contribution in [1.82, 2.24) is 4.98 Å². The van der Waals surface area contributed by atoms with Gasteiger partial charge in [-0.25, -0.2) is 4.98 Å². The van der Waals surface area contributed by atoms with Crippen LogP contribution in [0.15, 0.2) is 59.1 Å². The van der Waals surface area contributed by atoms with Crippen LogP contribution < -0.4 is 10.1 Å². The first-order valence-corrected chi connectivity index (χ1v) is 7.60. The maximum atomic E-state index is 12.2. The highest BCUT2D eigenvalue weighted by atomic mass is 16.5. The Morgan fingerprint density at radius 1 is 1.28 bits per heavy atom. The third-order valence-electron chi connectivity index (χ3n) is 3.42. The van der Waals surface area contributed by atoms with Gasteiger partial charge in [-0.05, 0) is 48.9 Å². The zero-order valence-electron chi connectivity index (χ0n) is 13.5. The van der Waals surface area contributed by atoms with Crippen LogP contribution in [0.25, 0.3) is 0 Å². The monoisotopic (exact) mass is 333 g/mol. The number of aromatic nitrogens is 1. The molecule has 0 unspecified atom stereocenters. The van der Waals surface area contributed by atoms with Crippen molar-refractivity contribution in [3.63, 3.8) is 0 Å². The Bertz CT molecular complexity index is 941. The van der Waals surface area contributed by atoms with E-state index in [1.807, 2.05) is 13.0 Å². The van der Waals surface area contributed by atoms with E-state index in [1.165, 1.54) is 0 Å². The Balaban J connectivity index is 1.64. The van der Waals surface area contributed by atoms with Crippen molar-refractivity contribution in [3.05, 3.63) is 77.4 Å². The molecule has 2 aromatic heterocycles. The lowest BCUT2D eigenvalue weighted by Gasteiger charge is -2.05. The number of pyridine rings is 1. The van der Waals surface area contributed by atoms with Gasteiger partial charge in [-0.3, -0.25) is 4.79 Å². The number of nitrogens with zero attached hydrogens (tertiary/aromatic N) is 2. The first-order chi connectivity index (χ1) is 12.2. The number of amides is 1. The van der Waals surface area contributed by atoms with Crippen molar-refractivity contribution in [2.24, 2.45) is 0 Å². The summed E-state index contributed by atoms with van der Waals surface area (Å²) < 4.78 is 11.1. The Morgan fingerprint density at radius 3 is 2.92 bits per heavy atom. The molecule has 6 heteroatoms. The molecule has 3 aromatic rings. The number of nitrogens with one attached hydrogen (secondary N) is 1. The van der Waals surface area contributed by atoms with E-state index in [0.717, 1.165) is 5.56 Å². The molecule has 6 nitrogen and oxygen atoms in total. The molecule has 124 valence electrons. The van der Waals surface area contributed by atoms with E-state index in [9.17, 15) is 4.79 Å². The molecule has 0 aliphatic heterocycles. The van der Waals surface area contributed by atoms with Gasteiger partial charge in [-0.2, -0.15) is 5.26 Å². The van der Waals surface area contributed by atoms with Crippen LogP contribution >= 0.6 is 0 Å². The van der Waals surface area contributed by atoms with E-state index in [4.69, 9.17) is 14.4 Å². The fraction of sp³-hybridized carbons (Fsp3) is 0.105. The number of ether oxygens (including phenoxy) is 1. The van der Waals surface area contributed by atoms with Gasteiger partial charge in [-0.15, -0.1) is 0 Å². The maximum absolute atomic E-state index is 12.2. The molecule has 0 saturated carbocycles. The van der Waals surface area contributed by atoms with Crippen molar-refractivity contribution in [2.75, 3.05) is 5.32 Å². The minimum absolute atomic E-state index is 0.120. The van der Waals surface area contributed by atoms with Crippen LogP contribution in [0.4, 0.5) is 5.82 Å². The van der Waals surface area contributed by atoms with E-state index in [2.05, 4.69) is 16.4 Å². The van der Waals surface area contributed by atoms with Crippen molar-refractivity contribution in [2.45, 2.75) is 13.5 Å². The number of nitriles is 1. The third kappa shape index (κ3) is 4.03. The van der Waals surface area contributed by atoms with Crippen molar-refractivity contribution in [3.8, 4) is 11.8 Å². The summed E-state index contributed by atoms with van der Waals surface area (Å²) in [5, 5.41) is 11.7. The summed E-state index contributed by atoms with van der Waals surface area (Å²) in [6.07, 6.45) is 1.62. The Hall–Kier alpha value is -3.59. The van der Waals surface area contributed by atoms with Gasteiger partial charge in [0.2, 0.25) is 0 Å². The molecule has 0 bridgehead atoms. The number of aryl methyl sites for hydroxylation is 1. The zero-order valence-corrected chi connectivity index (χ0v) is 13.5. The molecule has 1 amide bonds. The molecule has 0 saturated heterocycles. The van der Waals surface area contributed by atoms with E-state index in [0.29, 0.717) is 22.9 Å². The minimum Gasteiger partial charge on any atom is -0.484 e. The summed E-state index contributed by atoms with van der Waals surface area (Å²) in [5.41, 5.74) is 1.44. The molecular weight excluding hydrogens is 318 g/mol. The minimum atomic E-state index is -0.387. The molecule has 1 aromatic carbocycles. The SMILES string of the molecule is Cc1ccnc(NC(=O)c2ccc(COc3ccccc3C#N)o2)c1. The summed E-state index contributed by atoms with van der Waals surface area (Å²) in [6, 6.07) is 15.8. The maximum Gasteiger partial charge on any atom is 0.292 e. The highest BCUT2D eigenvalue weighted by Crippen LogP contribution is 2.19. The zero-order chi connectivity index (χ0) is 17.6. The number of carbonyl (C=O) groups excluding carboxylic acids is 1. The Morgan fingerprint density at radius 2 is 2.12 bits per heavy atom. The molecular formula is C19H15N3O3. The predicted molar refractivity (Wildman–Crippen MR) is 91.1 cm³/mol. The second-order valence-corrected chi connectivity index (χ2v) is 5.34. The number of anilines is 1. The van der Waals surface area contributed by atoms with Crippen LogP contribution in [0.1, 0.15) is 27.4 Å². The fourth-order valence-corrected chi connectivity index (χ4v) is 2.19. The summed E-state index contributed by atoms with van der Waals surface area (Å²) in [4.78, 5) is 16.3. The van der Waals surface area contributed by atoms with E-state index in [1.54, 1.807) is 48.7 Å². The van der Waals surface area contributed by atoms with E-state index < -0.39 is 0 Å². The summed E-state index contributed by atoms with van der Waals surface area (Å²) in [6.45, 7) is 2.04. The van der Waals surface area contributed by atoms with Gasteiger partial charge in [0.1, 0.15) is 30.0 Å². The smallest absolute Gasteiger partial charge is 0.292 e. The molecule has 0 atom stereocenters. The summed E-state index contributed by atoms with van der Waals surface area (Å²) >= 11 is 0. The van der Waals surface area contributed by atoms with E-state index >= 15 is 0 Å². The first kappa shape index (κ1) is 16.3. The highest BCUT2D eigenvalue weighted by molar-refractivity contribution is 6.01. The van der Waals surface area contributed by atoms with E-state index in [-0.39, 0.29) is 18.3 Å². The largest absolute Gasteiger partial charge is 0.484 e. The van der Waals surface area contributed by atoms with Gasteiger partial charge in [0, 0.05) is 6.20 Å². The van der Waals surface area contributed by atoms with Crippen LogP contribution in [0.5, 0.6) is 5.75 Å². The van der Waals surface area contributed by atoms with Gasteiger partial charge in [0.15, 0.2) is 5.76 Å². The molecule has 3 rings (SSSR count). The van der Waals surface area contributed by atoms with Gasteiger partial charge >= 0.3 is 0 Å². The number of hydrogen-bond acceptors (Lipinski definition) is 5. The second kappa shape index (κ2) is 7.32. The summed E-state index contributed by atoms with van der Waals surface area (Å²) in [7, 11) is 0. The fourth-order valence-electron chi connectivity index (χ4n) is 2.19. The van der Waals surface area contributed by atoms with Crippen LogP contribution in [0.3, 0.4) is 0 Å². The number of benzene rings is 1. The number of hydrogen-bond donors (Lipinski definition) is 1. The summed E-state index contributed by atoms with van der Waals surface area (Å²) in [5.74, 6) is 1.19. The normalized spacial score (nSPS) is 10.1. The Labute approximate surface area is 144 Å². The molecule has 0 radical (unpaired) electrons. The molecule has 0 fully saturated rings. The van der Waals surface area contributed by atoms with Crippen LogP contribution in [-0.2, 0) is 6.61 Å². The van der Waals surface area contributed by atoms with Gasteiger partial charge in [0.05, 0.1) is 5.56 Å². The topological polar surface area (TPSA) is 88.1 Å². The molecule has 2 heterocycles. The number of furan rings is 1. The number of rotatable bonds is 5. The highest BCUT2D eigenvalue weighted by Gasteiger charge is 2.13. The third-order valence-corrected chi connectivity index (χ3v) is 3.42. The van der Waals surface area contributed by atoms with Gasteiger partial charge in [0.25, 0.3) is 5.91 Å². The van der Waals surface area contributed by atoms with Crippen molar-refractivity contribution >= 4 is 11.7 Å². The van der Waals surface area contributed by atoms with Gasteiger partial charge < -0.3 is 14.5 Å². The lowest BCUT2D eigenvalue weighted by molar-refractivity contribution is 0.0992.